The van der Waals surface area contributed by atoms with Gasteiger partial charge in [-0.05, 0) is 0 Å². The molecule has 17 heavy (non-hydrogen) atoms. The third-order valence-electron chi connectivity index (χ3n) is 4.20. The molecule has 1 aromatic carbocycles. The molecule has 0 saturated heterocycles. The molecule has 0 atom stereocenters. The Morgan fingerprint density at radius 2 is 1.53 bits per heavy atom. The Morgan fingerprint density at radius 3 is 2.06 bits per heavy atom. The molecular weight excluding hydrogens is 265 g/mol. The molecular formula is C16H26Ge. The summed E-state index contributed by atoms with van der Waals surface area (Å²) in [5.74, 6) is 0. The maximum atomic E-state index is 2.41. The number of allylic oxidation sites excluding steroid dienone is 1. The molecule has 0 fully saturated rings. The number of benzene rings is 1. The summed E-state index contributed by atoms with van der Waals surface area (Å²) in [4.78, 5) is 0. The normalized spacial score (nSPS) is 12.2. The maximum absolute atomic E-state index is 2.41. The van der Waals surface area contributed by atoms with E-state index in [0.717, 1.165) is 0 Å². The van der Waals surface area contributed by atoms with Gasteiger partial charge in [0.15, 0.2) is 0 Å². The Labute approximate surface area is 109 Å². The molecule has 0 spiro atoms. The average Bonchev–Trinajstić information content (AvgIpc) is 2.41. The van der Waals surface area contributed by atoms with Crippen LogP contribution in [0.5, 0.6) is 0 Å². The minimum atomic E-state index is -1.42. The first kappa shape index (κ1) is 14.6. The first-order valence-corrected chi connectivity index (χ1v) is 12.9. The van der Waals surface area contributed by atoms with Gasteiger partial charge in [0.05, 0.1) is 0 Å². The first-order chi connectivity index (χ1) is 8.26. The van der Waals surface area contributed by atoms with E-state index in [2.05, 4.69) is 63.3 Å². The van der Waals surface area contributed by atoms with E-state index in [0.29, 0.717) is 0 Å². The van der Waals surface area contributed by atoms with Crippen LogP contribution in [0.1, 0.15) is 32.8 Å². The fraction of sp³-hybridized carbons (Fsp3) is 0.500. The van der Waals surface area contributed by atoms with Crippen molar-refractivity contribution in [1.29, 1.82) is 0 Å². The van der Waals surface area contributed by atoms with Crippen molar-refractivity contribution in [3.63, 3.8) is 0 Å². The molecule has 0 radical (unpaired) electrons. The summed E-state index contributed by atoms with van der Waals surface area (Å²) in [5, 5.41) is 5.98. The summed E-state index contributed by atoms with van der Waals surface area (Å²) in [7, 11) is 0. The van der Waals surface area contributed by atoms with Gasteiger partial charge in [0, 0.05) is 0 Å². The molecule has 0 saturated carbocycles. The quantitative estimate of drug-likeness (QED) is 0.574. The van der Waals surface area contributed by atoms with Gasteiger partial charge in [0.1, 0.15) is 0 Å². The van der Waals surface area contributed by atoms with E-state index < -0.39 is 13.3 Å². The van der Waals surface area contributed by atoms with Gasteiger partial charge in [-0.2, -0.15) is 0 Å². The molecule has 0 nitrogen and oxygen atoms in total. The number of rotatable bonds is 7. The summed E-state index contributed by atoms with van der Waals surface area (Å²) in [5.41, 5.74) is 1.33. The molecule has 0 bridgehead atoms. The van der Waals surface area contributed by atoms with Crippen LogP contribution in [0.3, 0.4) is 0 Å². The Morgan fingerprint density at radius 1 is 0.941 bits per heavy atom. The van der Waals surface area contributed by atoms with Crippen LogP contribution in [0.4, 0.5) is 0 Å². The van der Waals surface area contributed by atoms with Crippen LogP contribution in [-0.4, -0.2) is 13.3 Å². The van der Waals surface area contributed by atoms with Crippen molar-refractivity contribution in [1.82, 2.24) is 0 Å². The van der Waals surface area contributed by atoms with Gasteiger partial charge >= 0.3 is 110 Å². The monoisotopic (exact) mass is 292 g/mol. The van der Waals surface area contributed by atoms with E-state index >= 15 is 0 Å². The summed E-state index contributed by atoms with van der Waals surface area (Å²) >= 11 is -1.42. The van der Waals surface area contributed by atoms with Crippen molar-refractivity contribution in [3.05, 3.63) is 42.0 Å². The van der Waals surface area contributed by atoms with Crippen LogP contribution in [0.2, 0.25) is 21.0 Å². The average molecular weight is 291 g/mol. The van der Waals surface area contributed by atoms with Crippen molar-refractivity contribution < 1.29 is 0 Å². The first-order valence-electron chi connectivity index (χ1n) is 6.98. The summed E-state index contributed by atoms with van der Waals surface area (Å²) in [6.07, 6.45) is 5.93. The summed E-state index contributed by atoms with van der Waals surface area (Å²) in [6, 6.07) is 10.6. The second-order valence-electron chi connectivity index (χ2n) is 4.91. The van der Waals surface area contributed by atoms with Gasteiger partial charge in [0.2, 0.25) is 0 Å². The van der Waals surface area contributed by atoms with Crippen LogP contribution in [0, 0.1) is 0 Å². The number of hydrogen-bond donors (Lipinski definition) is 0. The van der Waals surface area contributed by atoms with Crippen LogP contribution >= 0.6 is 0 Å². The molecule has 1 rings (SSSR count). The van der Waals surface area contributed by atoms with Crippen LogP contribution < -0.4 is 0 Å². The second kappa shape index (κ2) is 7.76. The van der Waals surface area contributed by atoms with Gasteiger partial charge in [-0.1, -0.05) is 0 Å². The van der Waals surface area contributed by atoms with Crippen LogP contribution in [-0.2, 0) is 0 Å². The molecule has 0 aliphatic rings. The zero-order valence-corrected chi connectivity index (χ0v) is 13.7. The van der Waals surface area contributed by atoms with Gasteiger partial charge in [-0.3, -0.25) is 0 Å². The van der Waals surface area contributed by atoms with Crippen molar-refractivity contribution >= 4 is 19.3 Å². The molecule has 94 valence electrons. The third kappa shape index (κ3) is 4.71. The predicted molar refractivity (Wildman–Crippen MR) is 82.1 cm³/mol. The second-order valence-corrected chi connectivity index (χ2v) is 16.7. The molecule has 1 aromatic rings. The SMILES string of the molecule is C[CH2][Ge]([CH2]C)([CH2]C)[CH2]C/C=C/c1ccccc1. The topological polar surface area (TPSA) is 0 Å². The number of hydrogen-bond acceptors (Lipinski definition) is 0. The van der Waals surface area contributed by atoms with Gasteiger partial charge in [-0.25, -0.2) is 0 Å². The third-order valence-corrected chi connectivity index (χ3v) is 16.5. The molecule has 0 aliphatic carbocycles. The van der Waals surface area contributed by atoms with E-state index in [-0.39, 0.29) is 0 Å². The Bertz CT molecular complexity index is 314. The zero-order valence-electron chi connectivity index (χ0n) is 11.6. The predicted octanol–water partition coefficient (Wildman–Crippen LogP) is 5.60. The fourth-order valence-corrected chi connectivity index (χ4v) is 9.46. The van der Waals surface area contributed by atoms with E-state index in [9.17, 15) is 0 Å². The van der Waals surface area contributed by atoms with Gasteiger partial charge < -0.3 is 0 Å². The molecule has 1 heteroatoms. The van der Waals surface area contributed by atoms with Crippen LogP contribution in [0.15, 0.2) is 36.4 Å². The van der Waals surface area contributed by atoms with Gasteiger partial charge in [-0.15, -0.1) is 0 Å². The van der Waals surface area contributed by atoms with E-state index in [1.165, 1.54) is 33.0 Å². The van der Waals surface area contributed by atoms with E-state index in [1.54, 1.807) is 0 Å². The Balaban J connectivity index is 2.44. The fourth-order valence-electron chi connectivity index (χ4n) is 2.45. The van der Waals surface area contributed by atoms with Crippen molar-refractivity contribution in [2.24, 2.45) is 0 Å². The van der Waals surface area contributed by atoms with Crippen molar-refractivity contribution in [3.8, 4) is 0 Å². The van der Waals surface area contributed by atoms with Crippen LogP contribution in [0.25, 0.3) is 6.08 Å². The van der Waals surface area contributed by atoms with Gasteiger partial charge in [0.25, 0.3) is 0 Å². The Kier molecular flexibility index (Phi) is 6.65. The van der Waals surface area contributed by atoms with E-state index in [1.807, 2.05) is 0 Å². The Hall–Kier alpha value is -0.497. The standard InChI is InChI=1S/C16H26Ge/c1-4-17(5-2,6-3)15-11-10-14-16-12-8-7-9-13-16/h7-10,12-14H,4-6,11,15H2,1-3H3/b14-10+. The zero-order chi connectivity index (χ0) is 12.6. The molecule has 0 unspecified atom stereocenters. The molecule has 0 aliphatic heterocycles. The summed E-state index contributed by atoms with van der Waals surface area (Å²) in [6.45, 7) is 7.23. The van der Waals surface area contributed by atoms with E-state index in [4.69, 9.17) is 0 Å². The van der Waals surface area contributed by atoms with Crippen molar-refractivity contribution in [2.75, 3.05) is 0 Å². The molecule has 0 N–H and O–H groups in total. The molecule has 0 heterocycles. The minimum absolute atomic E-state index is 1.28. The van der Waals surface area contributed by atoms with Crippen molar-refractivity contribution in [2.45, 2.75) is 48.2 Å². The molecule has 0 aromatic heterocycles. The summed E-state index contributed by atoms with van der Waals surface area (Å²) < 4.78 is 0. The molecule has 0 amide bonds.